The van der Waals surface area contributed by atoms with Crippen LogP contribution in [0.25, 0.3) is 0 Å². The number of hydrogen-bond donors (Lipinski definition) is 3. The van der Waals surface area contributed by atoms with Crippen molar-refractivity contribution < 1.29 is 4.79 Å². The predicted octanol–water partition coefficient (Wildman–Crippen LogP) is 2.67. The maximum Gasteiger partial charge on any atom is 0.321 e. The number of H-pyrrole nitrogens is 1. The van der Waals surface area contributed by atoms with E-state index >= 15 is 0 Å². The van der Waals surface area contributed by atoms with Gasteiger partial charge in [0.05, 0.1) is 12.2 Å². The van der Waals surface area contributed by atoms with Gasteiger partial charge in [-0.3, -0.25) is 15.4 Å². The van der Waals surface area contributed by atoms with Crippen molar-refractivity contribution in [3.05, 3.63) is 71.3 Å². The summed E-state index contributed by atoms with van der Waals surface area (Å²) in [4.78, 5) is 20.5. The van der Waals surface area contributed by atoms with Crippen LogP contribution in [0.5, 0.6) is 0 Å². The number of aromatic nitrogens is 4. The number of pyridine rings is 1. The molecule has 0 spiro atoms. The van der Waals surface area contributed by atoms with Crippen LogP contribution in [0.4, 0.5) is 10.7 Å². The molecule has 2 aromatic heterocycles. The molecule has 1 aromatic carbocycles. The molecule has 7 nitrogen and oxygen atoms in total. The van der Waals surface area contributed by atoms with Crippen molar-refractivity contribution in [3.8, 4) is 0 Å². The Morgan fingerprint density at radius 2 is 1.96 bits per heavy atom. The van der Waals surface area contributed by atoms with Crippen LogP contribution in [0.2, 0.25) is 0 Å². The maximum absolute atomic E-state index is 11.9. The first-order valence-corrected chi connectivity index (χ1v) is 8.17. The molecule has 3 rings (SSSR count). The molecule has 128 valence electrons. The number of amides is 2. The largest absolute Gasteiger partial charge is 0.332 e. The molecule has 25 heavy (non-hydrogen) atoms. The highest BCUT2D eigenvalue weighted by Gasteiger charge is 2.08. The minimum absolute atomic E-state index is 0.248. The number of nitrogens with one attached hydrogen (secondary N) is 3. The molecule has 0 unspecified atom stereocenters. The highest BCUT2D eigenvalue weighted by Crippen LogP contribution is 2.07. The summed E-state index contributed by atoms with van der Waals surface area (Å²) in [5.74, 6) is 0.941. The average Bonchev–Trinajstić information content (AvgIpc) is 3.08. The third-order valence-corrected chi connectivity index (χ3v) is 3.70. The van der Waals surface area contributed by atoms with Crippen molar-refractivity contribution in [2.24, 2.45) is 0 Å². The second-order valence-electron chi connectivity index (χ2n) is 5.59. The van der Waals surface area contributed by atoms with Crippen LogP contribution in [-0.2, 0) is 19.4 Å². The van der Waals surface area contributed by atoms with E-state index in [-0.39, 0.29) is 12.0 Å². The van der Waals surface area contributed by atoms with Gasteiger partial charge in [0.25, 0.3) is 0 Å². The minimum Gasteiger partial charge on any atom is -0.332 e. The number of carbonyl (C=O) groups excluding carboxylic acids is 1. The highest BCUT2D eigenvalue weighted by molar-refractivity contribution is 5.87. The summed E-state index contributed by atoms with van der Waals surface area (Å²) in [6.07, 6.45) is 3.39. The number of carbonyl (C=O) groups is 1. The highest BCUT2D eigenvalue weighted by atomic mass is 16.2. The second-order valence-corrected chi connectivity index (χ2v) is 5.59. The quantitative estimate of drug-likeness (QED) is 0.645. The molecule has 3 aromatic rings. The van der Waals surface area contributed by atoms with Crippen LogP contribution in [0.1, 0.15) is 29.6 Å². The van der Waals surface area contributed by atoms with E-state index in [0.29, 0.717) is 18.8 Å². The fourth-order valence-electron chi connectivity index (χ4n) is 2.30. The summed E-state index contributed by atoms with van der Waals surface area (Å²) in [7, 11) is 0. The Morgan fingerprint density at radius 3 is 2.68 bits per heavy atom. The van der Waals surface area contributed by atoms with Crippen LogP contribution in [0.15, 0.2) is 48.7 Å². The topological polar surface area (TPSA) is 95.6 Å². The molecular formula is C18H20N6O. The fourth-order valence-corrected chi connectivity index (χ4v) is 2.30. The van der Waals surface area contributed by atoms with Crippen molar-refractivity contribution >= 4 is 12.0 Å². The van der Waals surface area contributed by atoms with Gasteiger partial charge in [-0.1, -0.05) is 43.3 Å². The minimum atomic E-state index is -0.369. The molecule has 7 heteroatoms. The van der Waals surface area contributed by atoms with Gasteiger partial charge >= 0.3 is 6.03 Å². The van der Waals surface area contributed by atoms with Crippen LogP contribution >= 0.6 is 0 Å². The molecule has 0 aliphatic heterocycles. The number of aromatic amines is 1. The standard InChI is InChI=1S/C18H20N6O/c1-2-13-8-9-15(19-11-13)12-20-18(25)22-17-21-16(23-24-17)10-14-6-4-3-5-7-14/h3-9,11H,2,10,12H2,1H3,(H3,20,21,22,23,24,25). The zero-order valence-corrected chi connectivity index (χ0v) is 14.0. The Kier molecular flexibility index (Phi) is 5.36. The Labute approximate surface area is 145 Å². The van der Waals surface area contributed by atoms with E-state index in [4.69, 9.17) is 0 Å². The molecule has 0 aliphatic carbocycles. The lowest BCUT2D eigenvalue weighted by atomic mass is 10.1. The van der Waals surface area contributed by atoms with E-state index in [1.165, 1.54) is 5.56 Å². The van der Waals surface area contributed by atoms with Gasteiger partial charge in [0.1, 0.15) is 5.82 Å². The number of anilines is 1. The first-order valence-electron chi connectivity index (χ1n) is 8.17. The molecule has 3 N–H and O–H groups in total. The number of nitrogens with zero attached hydrogens (tertiary/aromatic N) is 3. The molecule has 0 saturated heterocycles. The average molecular weight is 336 g/mol. The summed E-state index contributed by atoms with van der Waals surface area (Å²) < 4.78 is 0. The van der Waals surface area contributed by atoms with Crippen LogP contribution < -0.4 is 10.6 Å². The van der Waals surface area contributed by atoms with E-state index in [0.717, 1.165) is 17.7 Å². The van der Waals surface area contributed by atoms with E-state index in [9.17, 15) is 4.79 Å². The summed E-state index contributed by atoms with van der Waals surface area (Å²) in [6.45, 7) is 2.42. The SMILES string of the molecule is CCc1ccc(CNC(=O)Nc2n[nH]c(Cc3ccccc3)n2)nc1. The van der Waals surface area contributed by atoms with Gasteiger partial charge < -0.3 is 5.32 Å². The zero-order valence-electron chi connectivity index (χ0n) is 14.0. The van der Waals surface area contributed by atoms with Crippen molar-refractivity contribution in [3.63, 3.8) is 0 Å². The number of aryl methyl sites for hydroxylation is 1. The molecule has 0 aliphatic rings. The summed E-state index contributed by atoms with van der Waals surface area (Å²) in [6, 6.07) is 13.5. The van der Waals surface area contributed by atoms with Crippen LogP contribution in [0.3, 0.4) is 0 Å². The molecule has 0 radical (unpaired) electrons. The number of rotatable bonds is 6. The first kappa shape index (κ1) is 16.6. The Balaban J connectivity index is 1.49. The molecule has 2 amide bonds. The third-order valence-electron chi connectivity index (χ3n) is 3.70. The van der Waals surface area contributed by atoms with E-state index < -0.39 is 0 Å². The Morgan fingerprint density at radius 1 is 1.12 bits per heavy atom. The van der Waals surface area contributed by atoms with Gasteiger partial charge in [0.2, 0.25) is 5.95 Å². The first-order chi connectivity index (χ1) is 12.2. The van der Waals surface area contributed by atoms with Gasteiger partial charge in [0.15, 0.2) is 0 Å². The van der Waals surface area contributed by atoms with E-state index in [2.05, 4.69) is 37.7 Å². The van der Waals surface area contributed by atoms with Gasteiger partial charge in [0, 0.05) is 12.6 Å². The van der Waals surface area contributed by atoms with Gasteiger partial charge in [-0.25, -0.2) is 4.79 Å². The zero-order chi connectivity index (χ0) is 17.5. The van der Waals surface area contributed by atoms with Crippen LogP contribution in [0, 0.1) is 0 Å². The van der Waals surface area contributed by atoms with E-state index in [1.807, 2.05) is 48.7 Å². The maximum atomic E-state index is 11.9. The molecule has 0 saturated carbocycles. The van der Waals surface area contributed by atoms with Gasteiger partial charge in [-0.15, -0.1) is 5.10 Å². The second kappa shape index (κ2) is 8.05. The number of urea groups is 1. The van der Waals surface area contributed by atoms with Gasteiger partial charge in [-0.2, -0.15) is 4.98 Å². The molecule has 0 atom stereocenters. The molecule has 0 fully saturated rings. The fraction of sp³-hybridized carbons (Fsp3) is 0.222. The summed E-state index contributed by atoms with van der Waals surface area (Å²) in [5, 5.41) is 12.2. The summed E-state index contributed by atoms with van der Waals surface area (Å²) >= 11 is 0. The normalized spacial score (nSPS) is 10.4. The molecule has 0 bridgehead atoms. The monoisotopic (exact) mass is 336 g/mol. The van der Waals surface area contributed by atoms with Crippen molar-refractivity contribution in [2.45, 2.75) is 26.3 Å². The molecular weight excluding hydrogens is 316 g/mol. The lowest BCUT2D eigenvalue weighted by molar-refractivity contribution is 0.251. The molecule has 2 heterocycles. The number of benzene rings is 1. The van der Waals surface area contributed by atoms with Crippen molar-refractivity contribution in [1.29, 1.82) is 0 Å². The number of hydrogen-bond acceptors (Lipinski definition) is 4. The predicted molar refractivity (Wildman–Crippen MR) is 95.1 cm³/mol. The van der Waals surface area contributed by atoms with Crippen molar-refractivity contribution in [2.75, 3.05) is 5.32 Å². The smallest absolute Gasteiger partial charge is 0.321 e. The lowest BCUT2D eigenvalue weighted by Crippen LogP contribution is -2.29. The van der Waals surface area contributed by atoms with Gasteiger partial charge in [-0.05, 0) is 23.6 Å². The third kappa shape index (κ3) is 4.87. The summed E-state index contributed by atoms with van der Waals surface area (Å²) in [5.41, 5.74) is 3.09. The lowest BCUT2D eigenvalue weighted by Gasteiger charge is -2.05. The van der Waals surface area contributed by atoms with Crippen LogP contribution in [-0.4, -0.2) is 26.2 Å². The Bertz CT molecular complexity index is 813. The Hall–Kier alpha value is -3.22. The van der Waals surface area contributed by atoms with Crippen molar-refractivity contribution in [1.82, 2.24) is 25.5 Å². The van der Waals surface area contributed by atoms with E-state index in [1.54, 1.807) is 0 Å².